The maximum absolute atomic E-state index is 13.8. The highest BCUT2D eigenvalue weighted by atomic mass is 35.5. The van der Waals surface area contributed by atoms with E-state index in [-0.39, 0.29) is 11.6 Å². The molecule has 0 saturated carbocycles. The van der Waals surface area contributed by atoms with E-state index in [1.165, 1.54) is 23.1 Å². The van der Waals surface area contributed by atoms with Gasteiger partial charge in [0.1, 0.15) is 10.9 Å². The second-order valence-electron chi connectivity index (χ2n) is 11.0. The molecule has 51 heavy (non-hydrogen) atoms. The highest BCUT2D eigenvalue weighted by molar-refractivity contribution is 8.00. The molecule has 0 aliphatic rings. The van der Waals surface area contributed by atoms with Crippen LogP contribution >= 0.6 is 57.9 Å². The van der Waals surface area contributed by atoms with E-state index in [2.05, 4.69) is 20.9 Å². The minimum Gasteiger partial charge on any atom is -0.321 e. The predicted molar refractivity (Wildman–Crippen MR) is 210 cm³/mol. The molecule has 0 fully saturated rings. The second-order valence-corrected chi connectivity index (χ2v) is 14.3. The van der Waals surface area contributed by atoms with Crippen LogP contribution in [0.5, 0.6) is 0 Å². The highest BCUT2D eigenvalue weighted by Gasteiger charge is 2.24. The van der Waals surface area contributed by atoms with E-state index < -0.39 is 17.1 Å². The zero-order chi connectivity index (χ0) is 35.7. The zero-order valence-corrected chi connectivity index (χ0v) is 30.4. The number of carbonyl (C=O) groups excluding carboxylic acids is 3. The maximum Gasteiger partial charge on any atom is 0.272 e. The van der Waals surface area contributed by atoms with Crippen LogP contribution < -0.4 is 16.0 Å². The van der Waals surface area contributed by atoms with Crippen molar-refractivity contribution in [2.45, 2.75) is 10.1 Å². The standard InChI is InChI=1S/C39H27Cl3N4O3S2/c40-27-16-14-24(15-17-27)20-33(44-36(47)26-10-5-2-6-11-26)37(48)43-29-12-7-13-30(22-29)51-35(25-8-3-1-4-9-25)38(49)46-39-45-34(23-50-39)31-19-18-28(41)21-32(31)42/h1-23,35H,(H,43,48)(H,44,47)(H,45,46,49)/b33-20-. The van der Waals surface area contributed by atoms with Gasteiger partial charge in [-0.05, 0) is 77.9 Å². The molecule has 0 aliphatic carbocycles. The van der Waals surface area contributed by atoms with Crippen molar-refractivity contribution in [3.05, 3.63) is 170 Å². The van der Waals surface area contributed by atoms with E-state index in [4.69, 9.17) is 34.8 Å². The smallest absolute Gasteiger partial charge is 0.272 e. The Morgan fingerprint density at radius 1 is 0.745 bits per heavy atom. The number of nitrogens with zero attached hydrogens (tertiary/aromatic N) is 1. The van der Waals surface area contributed by atoms with Gasteiger partial charge >= 0.3 is 0 Å². The first-order chi connectivity index (χ1) is 24.7. The van der Waals surface area contributed by atoms with E-state index in [0.29, 0.717) is 48.3 Å². The fourth-order valence-corrected chi connectivity index (χ4v) is 7.30. The summed E-state index contributed by atoms with van der Waals surface area (Å²) in [5, 5.41) is 11.7. The van der Waals surface area contributed by atoms with Gasteiger partial charge in [-0.15, -0.1) is 23.1 Å². The molecule has 1 unspecified atom stereocenters. The highest BCUT2D eigenvalue weighted by Crippen LogP contribution is 2.38. The molecule has 12 heteroatoms. The zero-order valence-electron chi connectivity index (χ0n) is 26.5. The molecule has 0 saturated heterocycles. The fourth-order valence-electron chi connectivity index (χ4n) is 4.87. The molecule has 3 amide bonds. The third kappa shape index (κ3) is 9.67. The quantitative estimate of drug-likeness (QED) is 0.0900. The first-order valence-electron chi connectivity index (χ1n) is 15.4. The first kappa shape index (κ1) is 35.9. The minimum atomic E-state index is -0.658. The van der Waals surface area contributed by atoms with Crippen LogP contribution in [0, 0.1) is 0 Å². The fraction of sp³-hybridized carbons (Fsp3) is 0.0256. The van der Waals surface area contributed by atoms with Gasteiger partial charge in [-0.1, -0.05) is 102 Å². The van der Waals surface area contributed by atoms with Gasteiger partial charge in [0.15, 0.2) is 5.13 Å². The Bertz CT molecular complexity index is 2210. The number of hydrogen-bond acceptors (Lipinski definition) is 6. The summed E-state index contributed by atoms with van der Waals surface area (Å²) < 4.78 is 0. The number of anilines is 2. The van der Waals surface area contributed by atoms with Crippen LogP contribution in [0.25, 0.3) is 17.3 Å². The third-order valence-corrected chi connectivity index (χ3v) is 10.1. The minimum absolute atomic E-state index is 0.0356. The molecule has 1 atom stereocenters. The summed E-state index contributed by atoms with van der Waals surface area (Å²) in [6, 6.07) is 37.2. The molecule has 254 valence electrons. The van der Waals surface area contributed by atoms with E-state index in [9.17, 15) is 14.4 Å². The van der Waals surface area contributed by atoms with Crippen LogP contribution in [0.3, 0.4) is 0 Å². The van der Waals surface area contributed by atoms with Gasteiger partial charge in [0, 0.05) is 37.1 Å². The van der Waals surface area contributed by atoms with Gasteiger partial charge in [-0.25, -0.2) is 4.98 Å². The monoisotopic (exact) mass is 768 g/mol. The van der Waals surface area contributed by atoms with E-state index in [1.54, 1.807) is 97.1 Å². The van der Waals surface area contributed by atoms with E-state index in [0.717, 1.165) is 10.5 Å². The first-order valence-corrected chi connectivity index (χ1v) is 18.3. The number of amides is 3. The van der Waals surface area contributed by atoms with Gasteiger partial charge in [-0.2, -0.15) is 0 Å². The van der Waals surface area contributed by atoms with E-state index >= 15 is 0 Å². The molecule has 3 N–H and O–H groups in total. The Morgan fingerprint density at radius 3 is 2.18 bits per heavy atom. The topological polar surface area (TPSA) is 100 Å². The molecule has 7 nitrogen and oxygen atoms in total. The molecule has 0 radical (unpaired) electrons. The molecule has 0 spiro atoms. The lowest BCUT2D eigenvalue weighted by atomic mass is 10.1. The number of carbonyl (C=O) groups is 3. The molecule has 6 aromatic rings. The Kier molecular flexibility index (Phi) is 11.9. The van der Waals surface area contributed by atoms with Crippen LogP contribution in [0.15, 0.2) is 143 Å². The van der Waals surface area contributed by atoms with Gasteiger partial charge in [0.2, 0.25) is 5.91 Å². The molecular formula is C39H27Cl3N4O3S2. The summed E-state index contributed by atoms with van der Waals surface area (Å²) in [6.07, 6.45) is 1.58. The number of thioether (sulfide) groups is 1. The number of nitrogens with one attached hydrogen (secondary N) is 3. The van der Waals surface area contributed by atoms with Crippen molar-refractivity contribution in [1.29, 1.82) is 0 Å². The molecule has 1 heterocycles. The molecule has 0 aliphatic heterocycles. The Hall–Kier alpha value is -4.90. The number of benzene rings is 5. The van der Waals surface area contributed by atoms with Crippen LogP contribution in [0.2, 0.25) is 15.1 Å². The van der Waals surface area contributed by atoms with Crippen LogP contribution in [-0.4, -0.2) is 22.7 Å². The van der Waals surface area contributed by atoms with Crippen molar-refractivity contribution in [2.75, 3.05) is 10.6 Å². The SMILES string of the molecule is O=C(Nc1cccc(SC(C(=O)Nc2nc(-c3ccc(Cl)cc3Cl)cs2)c2ccccc2)c1)/C(=C/c1ccc(Cl)cc1)NC(=O)c1ccccc1. The lowest BCUT2D eigenvalue weighted by molar-refractivity contribution is -0.116. The molecule has 0 bridgehead atoms. The summed E-state index contributed by atoms with van der Waals surface area (Å²) in [5.41, 5.74) is 3.68. The van der Waals surface area contributed by atoms with Crippen molar-refractivity contribution in [1.82, 2.24) is 10.3 Å². The van der Waals surface area contributed by atoms with Gasteiger partial charge in [0.05, 0.1) is 10.7 Å². The number of rotatable bonds is 11. The van der Waals surface area contributed by atoms with Crippen molar-refractivity contribution in [2.24, 2.45) is 0 Å². The van der Waals surface area contributed by atoms with Gasteiger partial charge < -0.3 is 16.0 Å². The Morgan fingerprint density at radius 2 is 1.45 bits per heavy atom. The summed E-state index contributed by atoms with van der Waals surface area (Å²) in [4.78, 5) is 45.8. The van der Waals surface area contributed by atoms with Gasteiger partial charge in [-0.3, -0.25) is 14.4 Å². The Labute approximate surface area is 317 Å². The van der Waals surface area contributed by atoms with Crippen molar-refractivity contribution in [3.8, 4) is 11.3 Å². The normalized spacial score (nSPS) is 11.8. The van der Waals surface area contributed by atoms with Crippen LogP contribution in [0.1, 0.15) is 26.7 Å². The number of thiazole rings is 1. The number of aromatic nitrogens is 1. The lowest BCUT2D eigenvalue weighted by Gasteiger charge is -2.17. The van der Waals surface area contributed by atoms with Gasteiger partial charge in [0.25, 0.3) is 11.8 Å². The third-order valence-electron chi connectivity index (χ3n) is 7.34. The van der Waals surface area contributed by atoms with E-state index in [1.807, 2.05) is 41.8 Å². The van der Waals surface area contributed by atoms with Crippen molar-refractivity contribution >= 4 is 92.5 Å². The van der Waals surface area contributed by atoms with Crippen LogP contribution in [-0.2, 0) is 9.59 Å². The summed E-state index contributed by atoms with van der Waals surface area (Å²) in [5.74, 6) is -1.25. The molecule has 6 rings (SSSR count). The summed E-state index contributed by atoms with van der Waals surface area (Å²) in [7, 11) is 0. The number of hydrogen-bond donors (Lipinski definition) is 3. The average Bonchev–Trinajstić information content (AvgIpc) is 3.59. The average molecular weight is 770 g/mol. The summed E-state index contributed by atoms with van der Waals surface area (Å²) >= 11 is 21.1. The molecular weight excluding hydrogens is 743 g/mol. The Balaban J connectivity index is 1.21. The lowest BCUT2D eigenvalue weighted by Crippen LogP contribution is -2.30. The molecule has 5 aromatic carbocycles. The maximum atomic E-state index is 13.8. The second kappa shape index (κ2) is 16.9. The molecule has 1 aromatic heterocycles. The summed E-state index contributed by atoms with van der Waals surface area (Å²) in [6.45, 7) is 0. The largest absolute Gasteiger partial charge is 0.321 e. The van der Waals surface area contributed by atoms with Crippen molar-refractivity contribution in [3.63, 3.8) is 0 Å². The van der Waals surface area contributed by atoms with Crippen molar-refractivity contribution < 1.29 is 14.4 Å². The van der Waals surface area contributed by atoms with Crippen LogP contribution in [0.4, 0.5) is 10.8 Å². The predicted octanol–water partition coefficient (Wildman–Crippen LogP) is 10.7. The number of halogens is 3.